The lowest BCUT2D eigenvalue weighted by Crippen LogP contribution is -2.47. The number of H-pyrrole nitrogens is 1. The highest BCUT2D eigenvalue weighted by atomic mass is 32.1. The molecule has 5 nitrogen and oxygen atoms in total. The van der Waals surface area contributed by atoms with Gasteiger partial charge in [-0.3, -0.25) is 9.89 Å². The second kappa shape index (κ2) is 7.29. The van der Waals surface area contributed by atoms with Gasteiger partial charge in [-0.2, -0.15) is 5.10 Å². The summed E-state index contributed by atoms with van der Waals surface area (Å²) in [4.78, 5) is 15.2. The van der Waals surface area contributed by atoms with E-state index >= 15 is 0 Å². The minimum Gasteiger partial charge on any atom is -0.353 e. The Morgan fingerprint density at radius 1 is 1.31 bits per heavy atom. The van der Waals surface area contributed by atoms with Crippen LogP contribution in [0, 0.1) is 5.82 Å². The Morgan fingerprint density at radius 3 is 2.92 bits per heavy atom. The maximum absolute atomic E-state index is 13.1. The molecular formula is C19H19FN4OS. The molecular weight excluding hydrogens is 351 g/mol. The van der Waals surface area contributed by atoms with Crippen molar-refractivity contribution < 1.29 is 9.18 Å². The third-order valence-electron chi connectivity index (χ3n) is 4.55. The molecule has 1 saturated heterocycles. The van der Waals surface area contributed by atoms with Crippen molar-refractivity contribution >= 4 is 23.1 Å². The fourth-order valence-electron chi connectivity index (χ4n) is 3.22. The summed E-state index contributed by atoms with van der Waals surface area (Å²) in [6, 6.07) is 12.1. The van der Waals surface area contributed by atoms with Gasteiger partial charge in [0.1, 0.15) is 5.82 Å². The molecule has 26 heavy (non-hydrogen) atoms. The Bertz CT molecular complexity index is 875. The number of carbonyl (C=O) groups is 1. The highest BCUT2D eigenvalue weighted by Gasteiger charge is 2.23. The molecule has 1 fully saturated rings. The first-order valence-corrected chi connectivity index (χ1v) is 9.48. The van der Waals surface area contributed by atoms with Crippen LogP contribution in [0.5, 0.6) is 0 Å². The molecule has 0 aliphatic carbocycles. The molecule has 0 saturated carbocycles. The predicted molar refractivity (Wildman–Crippen MR) is 101 cm³/mol. The molecule has 3 heterocycles. The van der Waals surface area contributed by atoms with Crippen molar-refractivity contribution in [3.63, 3.8) is 0 Å². The zero-order chi connectivity index (χ0) is 17.9. The van der Waals surface area contributed by atoms with E-state index in [4.69, 9.17) is 0 Å². The van der Waals surface area contributed by atoms with E-state index < -0.39 is 0 Å². The first-order chi connectivity index (χ1) is 12.7. The molecule has 1 atom stereocenters. The Hall–Kier alpha value is -2.67. The fourth-order valence-corrected chi connectivity index (χ4v) is 3.84. The Morgan fingerprint density at radius 2 is 2.15 bits per heavy atom. The molecule has 7 heteroatoms. The summed E-state index contributed by atoms with van der Waals surface area (Å²) in [5, 5.41) is 12.4. The number of hydrogen-bond donors (Lipinski definition) is 2. The quantitative estimate of drug-likeness (QED) is 0.737. The molecule has 3 aromatic rings. The largest absolute Gasteiger partial charge is 0.353 e. The lowest BCUT2D eigenvalue weighted by Gasteiger charge is -2.33. The average Bonchev–Trinajstić information content (AvgIpc) is 3.35. The number of nitrogens with zero attached hydrogens (tertiary/aromatic N) is 2. The van der Waals surface area contributed by atoms with Crippen LogP contribution >= 0.6 is 11.3 Å². The monoisotopic (exact) mass is 370 g/mol. The Kier molecular flexibility index (Phi) is 4.71. The van der Waals surface area contributed by atoms with Gasteiger partial charge in [0, 0.05) is 25.2 Å². The van der Waals surface area contributed by atoms with Crippen molar-refractivity contribution in [2.45, 2.75) is 18.9 Å². The van der Waals surface area contributed by atoms with Crippen LogP contribution in [0.15, 0.2) is 47.8 Å². The van der Waals surface area contributed by atoms with Crippen molar-refractivity contribution in [3.05, 3.63) is 58.5 Å². The SMILES string of the molecule is O=C(N[C@H]1CCCN(c2cc(-c3ccc(F)cc3)[nH]n2)C1)c1cccs1. The number of nitrogens with one attached hydrogen (secondary N) is 2. The second-order valence-corrected chi connectivity index (χ2v) is 7.33. The van der Waals surface area contributed by atoms with Gasteiger partial charge in [0.05, 0.1) is 10.6 Å². The molecule has 2 N–H and O–H groups in total. The summed E-state index contributed by atoms with van der Waals surface area (Å²) < 4.78 is 13.1. The third kappa shape index (κ3) is 3.62. The van der Waals surface area contributed by atoms with Crippen LogP contribution in [0.25, 0.3) is 11.3 Å². The molecule has 1 aliphatic rings. The molecule has 0 spiro atoms. The van der Waals surface area contributed by atoms with Gasteiger partial charge in [-0.25, -0.2) is 4.39 Å². The van der Waals surface area contributed by atoms with E-state index in [9.17, 15) is 9.18 Å². The van der Waals surface area contributed by atoms with E-state index in [1.807, 2.05) is 23.6 Å². The number of benzene rings is 1. The highest BCUT2D eigenvalue weighted by Crippen LogP contribution is 2.24. The van der Waals surface area contributed by atoms with Crippen molar-refractivity contribution in [2.75, 3.05) is 18.0 Å². The first-order valence-electron chi connectivity index (χ1n) is 8.60. The van der Waals surface area contributed by atoms with Gasteiger partial charge in [-0.1, -0.05) is 6.07 Å². The predicted octanol–water partition coefficient (Wildman–Crippen LogP) is 3.68. The number of anilines is 1. The van der Waals surface area contributed by atoms with Gasteiger partial charge >= 0.3 is 0 Å². The van der Waals surface area contributed by atoms with Crippen LogP contribution in [-0.2, 0) is 0 Å². The van der Waals surface area contributed by atoms with E-state index in [-0.39, 0.29) is 17.8 Å². The lowest BCUT2D eigenvalue weighted by molar-refractivity contribution is 0.0937. The zero-order valence-corrected chi connectivity index (χ0v) is 14.9. The Labute approximate surface area is 154 Å². The second-order valence-electron chi connectivity index (χ2n) is 6.38. The van der Waals surface area contributed by atoms with Crippen LogP contribution < -0.4 is 10.2 Å². The van der Waals surface area contributed by atoms with Gasteiger partial charge in [0.2, 0.25) is 0 Å². The number of piperidine rings is 1. The van der Waals surface area contributed by atoms with E-state index in [2.05, 4.69) is 20.4 Å². The van der Waals surface area contributed by atoms with E-state index in [0.717, 1.165) is 47.9 Å². The molecule has 1 aromatic carbocycles. The van der Waals surface area contributed by atoms with Crippen molar-refractivity contribution in [3.8, 4) is 11.3 Å². The van der Waals surface area contributed by atoms with Crippen LogP contribution in [0.2, 0.25) is 0 Å². The van der Waals surface area contributed by atoms with Crippen molar-refractivity contribution in [1.29, 1.82) is 0 Å². The summed E-state index contributed by atoms with van der Waals surface area (Å²) >= 11 is 1.45. The minimum atomic E-state index is -0.256. The summed E-state index contributed by atoms with van der Waals surface area (Å²) in [7, 11) is 0. The smallest absolute Gasteiger partial charge is 0.261 e. The number of carbonyl (C=O) groups excluding carboxylic acids is 1. The number of halogens is 1. The zero-order valence-electron chi connectivity index (χ0n) is 14.1. The molecule has 0 bridgehead atoms. The van der Waals surface area contributed by atoms with Crippen LogP contribution in [-0.4, -0.2) is 35.2 Å². The number of rotatable bonds is 4. The van der Waals surface area contributed by atoms with Crippen molar-refractivity contribution in [1.82, 2.24) is 15.5 Å². The van der Waals surface area contributed by atoms with E-state index in [0.29, 0.717) is 0 Å². The lowest BCUT2D eigenvalue weighted by atomic mass is 10.1. The molecule has 1 aliphatic heterocycles. The molecule has 2 aromatic heterocycles. The maximum atomic E-state index is 13.1. The van der Waals surface area contributed by atoms with Gasteiger partial charge in [-0.05, 0) is 54.1 Å². The number of thiophene rings is 1. The molecule has 0 radical (unpaired) electrons. The van der Waals surface area contributed by atoms with Crippen LogP contribution in [0.1, 0.15) is 22.5 Å². The summed E-state index contributed by atoms with van der Waals surface area (Å²) in [5.74, 6) is 0.578. The average molecular weight is 370 g/mol. The normalized spacial score (nSPS) is 17.3. The molecule has 134 valence electrons. The van der Waals surface area contributed by atoms with Crippen molar-refractivity contribution in [2.24, 2.45) is 0 Å². The number of amides is 1. The molecule has 1 amide bonds. The van der Waals surface area contributed by atoms with Gasteiger partial charge in [0.15, 0.2) is 5.82 Å². The van der Waals surface area contributed by atoms with E-state index in [1.165, 1.54) is 23.5 Å². The number of aromatic amines is 1. The summed E-state index contributed by atoms with van der Waals surface area (Å²) in [5.41, 5.74) is 1.74. The van der Waals surface area contributed by atoms with Gasteiger partial charge in [0.25, 0.3) is 5.91 Å². The first kappa shape index (κ1) is 16.8. The maximum Gasteiger partial charge on any atom is 0.261 e. The number of aromatic nitrogens is 2. The molecule has 4 rings (SSSR count). The van der Waals surface area contributed by atoms with Crippen LogP contribution in [0.3, 0.4) is 0 Å². The standard InChI is InChI=1S/C19H19FN4OS/c20-14-7-5-13(6-8-14)16-11-18(23-22-16)24-9-1-3-15(12-24)21-19(25)17-4-2-10-26-17/h2,4-8,10-11,15H,1,3,9,12H2,(H,21,25)(H,22,23)/t15-/m0/s1. The van der Waals surface area contributed by atoms with Gasteiger partial charge < -0.3 is 10.2 Å². The third-order valence-corrected chi connectivity index (χ3v) is 5.41. The molecule has 0 unspecified atom stereocenters. The summed E-state index contributed by atoms with van der Waals surface area (Å²) in [6.07, 6.45) is 1.96. The van der Waals surface area contributed by atoms with Crippen LogP contribution in [0.4, 0.5) is 10.2 Å². The Balaban J connectivity index is 1.43. The van der Waals surface area contributed by atoms with E-state index in [1.54, 1.807) is 12.1 Å². The topological polar surface area (TPSA) is 61.0 Å². The summed E-state index contributed by atoms with van der Waals surface area (Å²) in [6.45, 7) is 1.63. The minimum absolute atomic E-state index is 0.0131. The number of hydrogen-bond acceptors (Lipinski definition) is 4. The van der Waals surface area contributed by atoms with Gasteiger partial charge in [-0.15, -0.1) is 11.3 Å². The highest BCUT2D eigenvalue weighted by molar-refractivity contribution is 7.12. The fraction of sp³-hybridized carbons (Fsp3) is 0.263.